The second-order valence-corrected chi connectivity index (χ2v) is 5.21. The van der Waals surface area contributed by atoms with Gasteiger partial charge in [-0.15, -0.1) is 11.3 Å². The fourth-order valence-corrected chi connectivity index (χ4v) is 2.80. The average molecular weight is 210 g/mol. The van der Waals surface area contributed by atoms with Gasteiger partial charge in [-0.05, 0) is 38.3 Å². The Kier molecular flexibility index (Phi) is 2.64. The zero-order chi connectivity index (χ0) is 10.2. The van der Waals surface area contributed by atoms with Crippen LogP contribution in [0.5, 0.6) is 0 Å². The van der Waals surface area contributed by atoms with Crippen molar-refractivity contribution in [1.82, 2.24) is 4.90 Å². The number of thiophene rings is 1. The van der Waals surface area contributed by atoms with Gasteiger partial charge in [-0.1, -0.05) is 6.07 Å². The third kappa shape index (κ3) is 1.60. The lowest BCUT2D eigenvalue weighted by Crippen LogP contribution is -2.41. The fraction of sp³-hybridized carbons (Fsp3) is 0.636. The van der Waals surface area contributed by atoms with E-state index in [-0.39, 0.29) is 0 Å². The molecule has 0 aromatic carbocycles. The molecule has 1 aliphatic rings. The summed E-state index contributed by atoms with van der Waals surface area (Å²) in [5.74, 6) is 0. The first kappa shape index (κ1) is 10.1. The number of nitrogens with zero attached hydrogens (tertiary/aromatic N) is 1. The molecule has 3 heteroatoms. The van der Waals surface area contributed by atoms with Gasteiger partial charge >= 0.3 is 0 Å². The fourth-order valence-electron chi connectivity index (χ4n) is 1.98. The zero-order valence-corrected chi connectivity index (χ0v) is 9.68. The van der Waals surface area contributed by atoms with E-state index in [0.717, 1.165) is 6.54 Å². The number of hydrogen-bond acceptors (Lipinski definition) is 3. The number of hydrogen-bond donors (Lipinski definition) is 1. The Balaban J connectivity index is 2.08. The van der Waals surface area contributed by atoms with Gasteiger partial charge in [-0.2, -0.15) is 0 Å². The molecule has 0 bridgehead atoms. The summed E-state index contributed by atoms with van der Waals surface area (Å²) in [5.41, 5.74) is 6.13. The summed E-state index contributed by atoms with van der Waals surface area (Å²) < 4.78 is 0. The standard InChI is InChI=1S/C11H18N2S/c1-9(10-4-3-7-14-10)13(2)11(8-12)5-6-11/h3-4,7,9H,5-6,8,12H2,1-2H3. The van der Waals surface area contributed by atoms with Crippen molar-refractivity contribution >= 4 is 11.3 Å². The predicted octanol–water partition coefficient (Wildman–Crippen LogP) is 2.23. The van der Waals surface area contributed by atoms with Gasteiger partial charge in [0, 0.05) is 23.0 Å². The Morgan fingerprint density at radius 3 is 2.79 bits per heavy atom. The van der Waals surface area contributed by atoms with Gasteiger partial charge in [0.1, 0.15) is 0 Å². The molecule has 1 aromatic rings. The zero-order valence-electron chi connectivity index (χ0n) is 8.86. The third-order valence-corrected chi connectivity index (χ3v) is 4.53. The lowest BCUT2D eigenvalue weighted by molar-refractivity contribution is 0.173. The van der Waals surface area contributed by atoms with E-state index in [0.29, 0.717) is 11.6 Å². The van der Waals surface area contributed by atoms with Crippen LogP contribution in [0.15, 0.2) is 17.5 Å². The van der Waals surface area contributed by atoms with Gasteiger partial charge in [-0.3, -0.25) is 4.90 Å². The van der Waals surface area contributed by atoms with Crippen LogP contribution in [-0.4, -0.2) is 24.0 Å². The number of rotatable bonds is 4. The van der Waals surface area contributed by atoms with E-state index in [9.17, 15) is 0 Å². The molecule has 0 radical (unpaired) electrons. The van der Waals surface area contributed by atoms with Crippen LogP contribution in [-0.2, 0) is 0 Å². The van der Waals surface area contributed by atoms with Crippen molar-refractivity contribution in [3.8, 4) is 0 Å². The van der Waals surface area contributed by atoms with Crippen LogP contribution >= 0.6 is 11.3 Å². The topological polar surface area (TPSA) is 29.3 Å². The molecule has 1 aliphatic carbocycles. The van der Waals surface area contributed by atoms with Gasteiger partial charge in [0.15, 0.2) is 0 Å². The van der Waals surface area contributed by atoms with Gasteiger partial charge in [-0.25, -0.2) is 0 Å². The summed E-state index contributed by atoms with van der Waals surface area (Å²) in [6.07, 6.45) is 2.52. The first-order valence-electron chi connectivity index (χ1n) is 5.16. The van der Waals surface area contributed by atoms with E-state index >= 15 is 0 Å². The summed E-state index contributed by atoms with van der Waals surface area (Å²) in [4.78, 5) is 3.88. The van der Waals surface area contributed by atoms with Crippen molar-refractivity contribution < 1.29 is 0 Å². The summed E-state index contributed by atoms with van der Waals surface area (Å²) in [6, 6.07) is 4.83. The maximum absolute atomic E-state index is 5.82. The van der Waals surface area contributed by atoms with Crippen molar-refractivity contribution in [2.45, 2.75) is 31.3 Å². The molecule has 0 aliphatic heterocycles. The van der Waals surface area contributed by atoms with Gasteiger partial charge < -0.3 is 5.73 Å². The lowest BCUT2D eigenvalue weighted by atomic mass is 10.1. The molecule has 1 aromatic heterocycles. The predicted molar refractivity (Wildman–Crippen MR) is 61.5 cm³/mol. The Bertz CT molecular complexity index is 290. The molecule has 1 fully saturated rings. The average Bonchev–Trinajstić information content (AvgIpc) is 2.82. The highest BCUT2D eigenvalue weighted by Crippen LogP contribution is 2.44. The maximum atomic E-state index is 5.82. The Hall–Kier alpha value is -0.380. The Labute approximate surface area is 89.7 Å². The normalized spacial score (nSPS) is 21.1. The minimum atomic E-state index is 0.309. The molecule has 2 nitrogen and oxygen atoms in total. The van der Waals surface area contributed by atoms with Gasteiger partial charge in [0.2, 0.25) is 0 Å². The van der Waals surface area contributed by atoms with Crippen LogP contribution in [0.25, 0.3) is 0 Å². The summed E-state index contributed by atoms with van der Waals surface area (Å²) >= 11 is 1.83. The second kappa shape index (κ2) is 3.65. The summed E-state index contributed by atoms with van der Waals surface area (Å²) in [7, 11) is 2.20. The van der Waals surface area contributed by atoms with Crippen molar-refractivity contribution in [3.05, 3.63) is 22.4 Å². The first-order chi connectivity index (χ1) is 6.69. The van der Waals surface area contributed by atoms with E-state index in [4.69, 9.17) is 5.73 Å². The van der Waals surface area contributed by atoms with Crippen LogP contribution in [0.2, 0.25) is 0 Å². The smallest absolute Gasteiger partial charge is 0.0416 e. The van der Waals surface area contributed by atoms with Crippen LogP contribution in [0.1, 0.15) is 30.7 Å². The minimum Gasteiger partial charge on any atom is -0.329 e. The van der Waals surface area contributed by atoms with E-state index in [1.54, 1.807) is 0 Å². The van der Waals surface area contributed by atoms with Gasteiger partial charge in [0.25, 0.3) is 0 Å². The Morgan fingerprint density at radius 1 is 1.64 bits per heavy atom. The third-order valence-electron chi connectivity index (χ3n) is 3.49. The number of nitrogens with two attached hydrogens (primary N) is 1. The van der Waals surface area contributed by atoms with Crippen molar-refractivity contribution in [2.75, 3.05) is 13.6 Å². The molecule has 2 rings (SSSR count). The lowest BCUT2D eigenvalue weighted by Gasteiger charge is -2.32. The van der Waals surface area contributed by atoms with E-state index in [1.165, 1.54) is 17.7 Å². The Morgan fingerprint density at radius 2 is 2.36 bits per heavy atom. The molecule has 1 heterocycles. The summed E-state index contributed by atoms with van der Waals surface area (Å²) in [6.45, 7) is 3.06. The molecule has 78 valence electrons. The number of likely N-dealkylation sites (N-methyl/N-ethyl adjacent to an activating group) is 1. The molecule has 0 saturated heterocycles. The molecule has 1 unspecified atom stereocenters. The first-order valence-corrected chi connectivity index (χ1v) is 6.04. The molecule has 0 spiro atoms. The monoisotopic (exact) mass is 210 g/mol. The maximum Gasteiger partial charge on any atom is 0.0416 e. The van der Waals surface area contributed by atoms with Crippen LogP contribution in [0.3, 0.4) is 0 Å². The highest BCUT2D eigenvalue weighted by atomic mass is 32.1. The highest BCUT2D eigenvalue weighted by molar-refractivity contribution is 7.10. The molecular weight excluding hydrogens is 192 g/mol. The van der Waals surface area contributed by atoms with Crippen LogP contribution in [0, 0.1) is 0 Å². The SMILES string of the molecule is CC(c1cccs1)N(C)C1(CN)CC1. The second-order valence-electron chi connectivity index (χ2n) is 4.23. The molecule has 14 heavy (non-hydrogen) atoms. The molecule has 0 amide bonds. The molecular formula is C11H18N2S. The quantitative estimate of drug-likeness (QED) is 0.825. The van der Waals surface area contributed by atoms with E-state index < -0.39 is 0 Å². The van der Waals surface area contributed by atoms with Crippen molar-refractivity contribution in [2.24, 2.45) is 5.73 Å². The minimum absolute atomic E-state index is 0.309. The molecule has 2 N–H and O–H groups in total. The van der Waals surface area contributed by atoms with Crippen molar-refractivity contribution in [3.63, 3.8) is 0 Å². The highest BCUT2D eigenvalue weighted by Gasteiger charge is 2.46. The van der Waals surface area contributed by atoms with Gasteiger partial charge in [0.05, 0.1) is 0 Å². The van der Waals surface area contributed by atoms with E-state index in [1.807, 2.05) is 11.3 Å². The molecule has 1 saturated carbocycles. The largest absolute Gasteiger partial charge is 0.329 e. The molecule has 1 atom stereocenters. The van der Waals surface area contributed by atoms with Crippen molar-refractivity contribution in [1.29, 1.82) is 0 Å². The summed E-state index contributed by atoms with van der Waals surface area (Å²) in [5, 5.41) is 2.14. The van der Waals surface area contributed by atoms with Crippen LogP contribution < -0.4 is 5.73 Å². The van der Waals surface area contributed by atoms with E-state index in [2.05, 4.69) is 36.4 Å². The van der Waals surface area contributed by atoms with Crippen LogP contribution in [0.4, 0.5) is 0 Å².